The highest BCUT2D eigenvalue weighted by atomic mass is 32.1. The number of aromatic nitrogens is 1. The Morgan fingerprint density at radius 3 is 3.17 bits per heavy atom. The minimum atomic E-state index is 0.186. The Bertz CT molecular complexity index is 345. The number of methoxy groups -OCH3 is 1. The maximum atomic E-state index is 5.78. The van der Waals surface area contributed by atoms with Gasteiger partial charge < -0.3 is 14.8 Å². The zero-order valence-electron chi connectivity index (χ0n) is 11.1. The minimum absolute atomic E-state index is 0.186. The van der Waals surface area contributed by atoms with Gasteiger partial charge in [-0.1, -0.05) is 0 Å². The molecule has 1 aromatic rings. The van der Waals surface area contributed by atoms with Crippen LogP contribution in [0.1, 0.15) is 18.4 Å². The second-order valence-corrected chi connectivity index (χ2v) is 5.88. The van der Waals surface area contributed by atoms with E-state index in [0.29, 0.717) is 0 Å². The predicted molar refractivity (Wildman–Crippen MR) is 73.0 cm³/mol. The van der Waals surface area contributed by atoms with Gasteiger partial charge in [0.1, 0.15) is 0 Å². The van der Waals surface area contributed by atoms with E-state index in [2.05, 4.69) is 17.2 Å². The van der Waals surface area contributed by atoms with Crippen molar-refractivity contribution in [2.24, 2.45) is 5.41 Å². The van der Waals surface area contributed by atoms with Crippen molar-refractivity contribution in [3.8, 4) is 0 Å². The predicted octanol–water partition coefficient (Wildman–Crippen LogP) is 1.72. The molecule has 2 heterocycles. The quantitative estimate of drug-likeness (QED) is 0.766. The van der Waals surface area contributed by atoms with Crippen LogP contribution in [0.2, 0.25) is 0 Å². The number of thiazole rings is 1. The van der Waals surface area contributed by atoms with E-state index in [1.165, 1.54) is 5.01 Å². The molecule has 18 heavy (non-hydrogen) atoms. The molecule has 1 aliphatic rings. The standard InChI is InChI=1S/C13H22N2O2S/c1-11-13(3-6-17-11,10-14-4-7-16-2)9-12-15-5-8-18-12/h5,8,11,14H,3-4,6-7,9-10H2,1-2H3. The summed E-state index contributed by atoms with van der Waals surface area (Å²) in [4.78, 5) is 4.41. The average Bonchev–Trinajstić information content (AvgIpc) is 2.97. The monoisotopic (exact) mass is 270 g/mol. The first kappa shape index (κ1) is 13.9. The van der Waals surface area contributed by atoms with E-state index in [-0.39, 0.29) is 11.5 Å². The Balaban J connectivity index is 1.95. The number of hydrogen-bond donors (Lipinski definition) is 1. The molecule has 0 amide bonds. The van der Waals surface area contributed by atoms with Crippen LogP contribution in [0, 0.1) is 5.41 Å². The smallest absolute Gasteiger partial charge is 0.0931 e. The normalized spacial score (nSPS) is 27.8. The SMILES string of the molecule is COCCNCC1(Cc2nccs2)CCOC1C. The van der Waals surface area contributed by atoms with Crippen LogP contribution in [0.15, 0.2) is 11.6 Å². The fraction of sp³-hybridized carbons (Fsp3) is 0.769. The molecule has 102 valence electrons. The van der Waals surface area contributed by atoms with Crippen LogP contribution in [0.3, 0.4) is 0 Å². The van der Waals surface area contributed by atoms with E-state index >= 15 is 0 Å². The van der Waals surface area contributed by atoms with Gasteiger partial charge in [0.25, 0.3) is 0 Å². The molecule has 2 rings (SSSR count). The van der Waals surface area contributed by atoms with E-state index in [9.17, 15) is 0 Å². The Morgan fingerprint density at radius 2 is 2.56 bits per heavy atom. The van der Waals surface area contributed by atoms with Gasteiger partial charge in [-0.05, 0) is 13.3 Å². The number of ether oxygens (including phenoxy) is 2. The summed E-state index contributed by atoms with van der Waals surface area (Å²) in [5, 5.41) is 6.74. The number of nitrogens with one attached hydrogen (secondary N) is 1. The van der Waals surface area contributed by atoms with E-state index in [1.54, 1.807) is 18.4 Å². The molecule has 0 aromatic carbocycles. The Kier molecular flexibility index (Phi) is 5.12. The summed E-state index contributed by atoms with van der Waals surface area (Å²) < 4.78 is 10.8. The summed E-state index contributed by atoms with van der Waals surface area (Å²) in [5.74, 6) is 0. The van der Waals surface area contributed by atoms with Gasteiger partial charge in [-0.25, -0.2) is 4.98 Å². The molecule has 4 nitrogen and oxygen atoms in total. The van der Waals surface area contributed by atoms with Crippen molar-refractivity contribution in [3.05, 3.63) is 16.6 Å². The van der Waals surface area contributed by atoms with E-state index in [1.807, 2.05) is 11.6 Å². The molecule has 0 bridgehead atoms. The molecular weight excluding hydrogens is 248 g/mol. The third kappa shape index (κ3) is 3.29. The molecule has 0 spiro atoms. The maximum absolute atomic E-state index is 5.78. The molecule has 1 fully saturated rings. The molecule has 2 atom stereocenters. The lowest BCUT2D eigenvalue weighted by atomic mass is 9.78. The lowest BCUT2D eigenvalue weighted by molar-refractivity contribution is 0.0619. The van der Waals surface area contributed by atoms with E-state index < -0.39 is 0 Å². The first-order chi connectivity index (χ1) is 8.77. The second-order valence-electron chi connectivity index (χ2n) is 4.90. The summed E-state index contributed by atoms with van der Waals surface area (Å²) in [7, 11) is 1.73. The number of hydrogen-bond acceptors (Lipinski definition) is 5. The number of nitrogens with zero attached hydrogens (tertiary/aromatic N) is 1. The Labute approximate surface area is 113 Å². The maximum Gasteiger partial charge on any atom is 0.0931 e. The van der Waals surface area contributed by atoms with Crippen molar-refractivity contribution < 1.29 is 9.47 Å². The lowest BCUT2D eigenvalue weighted by Gasteiger charge is -2.31. The van der Waals surface area contributed by atoms with Crippen LogP contribution >= 0.6 is 11.3 Å². The van der Waals surface area contributed by atoms with Crippen molar-refractivity contribution in [1.29, 1.82) is 0 Å². The number of rotatable bonds is 7. The van der Waals surface area contributed by atoms with Crippen LogP contribution < -0.4 is 5.32 Å². The van der Waals surface area contributed by atoms with Gasteiger partial charge in [-0.2, -0.15) is 0 Å². The molecule has 0 aliphatic carbocycles. The van der Waals surface area contributed by atoms with Crippen molar-refractivity contribution in [3.63, 3.8) is 0 Å². The molecule has 1 aromatic heterocycles. The van der Waals surface area contributed by atoms with Gasteiger partial charge in [0.15, 0.2) is 0 Å². The van der Waals surface area contributed by atoms with E-state index in [0.717, 1.165) is 39.1 Å². The molecule has 1 N–H and O–H groups in total. The topological polar surface area (TPSA) is 43.4 Å². The van der Waals surface area contributed by atoms with Crippen LogP contribution in [-0.2, 0) is 15.9 Å². The second kappa shape index (κ2) is 6.61. The van der Waals surface area contributed by atoms with Crippen molar-refractivity contribution in [1.82, 2.24) is 10.3 Å². The van der Waals surface area contributed by atoms with Gasteiger partial charge in [0.05, 0.1) is 17.7 Å². The fourth-order valence-corrected chi connectivity index (χ4v) is 3.27. The van der Waals surface area contributed by atoms with Crippen molar-refractivity contribution in [2.75, 3.05) is 33.4 Å². The molecule has 1 aliphatic heterocycles. The zero-order valence-corrected chi connectivity index (χ0v) is 12.0. The summed E-state index contributed by atoms with van der Waals surface area (Å²) >= 11 is 1.73. The fourth-order valence-electron chi connectivity index (χ4n) is 2.50. The van der Waals surface area contributed by atoms with Crippen LogP contribution in [-0.4, -0.2) is 44.5 Å². The molecule has 0 radical (unpaired) electrons. The highest BCUT2D eigenvalue weighted by molar-refractivity contribution is 7.09. The molecule has 5 heteroatoms. The van der Waals surface area contributed by atoms with Gasteiger partial charge in [-0.3, -0.25) is 0 Å². The van der Waals surface area contributed by atoms with Crippen molar-refractivity contribution >= 4 is 11.3 Å². The Hall–Kier alpha value is -0.490. The summed E-state index contributed by atoms with van der Waals surface area (Å²) in [6, 6.07) is 0. The van der Waals surface area contributed by atoms with Gasteiger partial charge in [0, 0.05) is 50.2 Å². The highest BCUT2D eigenvalue weighted by Gasteiger charge is 2.41. The molecule has 2 unspecified atom stereocenters. The first-order valence-electron chi connectivity index (χ1n) is 6.46. The Morgan fingerprint density at radius 1 is 1.67 bits per heavy atom. The highest BCUT2D eigenvalue weighted by Crippen LogP contribution is 2.38. The first-order valence-corrected chi connectivity index (χ1v) is 7.34. The van der Waals surface area contributed by atoms with E-state index in [4.69, 9.17) is 9.47 Å². The lowest BCUT2D eigenvalue weighted by Crippen LogP contribution is -2.42. The van der Waals surface area contributed by atoms with Gasteiger partial charge in [-0.15, -0.1) is 11.3 Å². The molecular formula is C13H22N2O2S. The van der Waals surface area contributed by atoms with Crippen molar-refractivity contribution in [2.45, 2.75) is 25.9 Å². The molecule has 0 saturated carbocycles. The average molecular weight is 270 g/mol. The minimum Gasteiger partial charge on any atom is -0.383 e. The van der Waals surface area contributed by atoms with Crippen LogP contribution in [0.5, 0.6) is 0 Å². The summed E-state index contributed by atoms with van der Waals surface area (Å²) in [5.41, 5.74) is 0.186. The third-order valence-electron chi connectivity index (χ3n) is 3.78. The summed E-state index contributed by atoms with van der Waals surface area (Å²) in [6.07, 6.45) is 4.28. The summed E-state index contributed by atoms with van der Waals surface area (Å²) in [6.45, 7) is 5.65. The largest absolute Gasteiger partial charge is 0.383 e. The molecule has 1 saturated heterocycles. The van der Waals surface area contributed by atoms with Gasteiger partial charge in [0.2, 0.25) is 0 Å². The third-order valence-corrected chi connectivity index (χ3v) is 4.56. The van der Waals surface area contributed by atoms with Crippen LogP contribution in [0.25, 0.3) is 0 Å². The zero-order chi connectivity index (χ0) is 12.8. The van der Waals surface area contributed by atoms with Gasteiger partial charge >= 0.3 is 0 Å². The van der Waals surface area contributed by atoms with Crippen LogP contribution in [0.4, 0.5) is 0 Å².